The molecule has 2 aromatic rings. The van der Waals surface area contributed by atoms with E-state index in [2.05, 4.69) is 16.5 Å². The summed E-state index contributed by atoms with van der Waals surface area (Å²) in [6.07, 6.45) is 3.37. The smallest absolute Gasteiger partial charge is 0.270 e. The fourth-order valence-corrected chi connectivity index (χ4v) is 2.75. The van der Waals surface area contributed by atoms with E-state index in [1.165, 1.54) is 11.8 Å². The Hall–Kier alpha value is -2.43. The Morgan fingerprint density at radius 3 is 2.84 bits per heavy atom. The molecule has 6 nitrogen and oxygen atoms in total. The predicted molar refractivity (Wildman–Crippen MR) is 98.7 cm³/mol. The molecule has 1 aromatic heterocycles. The van der Waals surface area contributed by atoms with Crippen molar-refractivity contribution in [2.45, 2.75) is 12.1 Å². The Morgan fingerprint density at radius 2 is 2.24 bits per heavy atom. The van der Waals surface area contributed by atoms with Gasteiger partial charge in [0.05, 0.1) is 17.3 Å². The molecule has 0 fully saturated rings. The summed E-state index contributed by atoms with van der Waals surface area (Å²) in [7, 11) is 0. The molecule has 0 aliphatic heterocycles. The predicted octanol–water partition coefficient (Wildman–Crippen LogP) is 3.65. The first-order valence-electron chi connectivity index (χ1n) is 7.34. The number of aromatic nitrogens is 2. The molecule has 1 heterocycles. The second-order valence-electron chi connectivity index (χ2n) is 4.73. The van der Waals surface area contributed by atoms with Gasteiger partial charge >= 0.3 is 0 Å². The Kier molecular flexibility index (Phi) is 6.51. The molecule has 0 unspecified atom stereocenters. The van der Waals surface area contributed by atoms with E-state index in [1.54, 1.807) is 24.5 Å². The van der Waals surface area contributed by atoms with Crippen molar-refractivity contribution in [2.75, 3.05) is 19.5 Å². The number of aromatic amines is 1. The first-order valence-corrected chi connectivity index (χ1v) is 8.94. The average molecular weight is 378 g/mol. The number of ether oxygens (including phenoxy) is 2. The van der Waals surface area contributed by atoms with Crippen molar-refractivity contribution in [3.8, 4) is 28.8 Å². The maximum Gasteiger partial charge on any atom is 0.270 e. The maximum absolute atomic E-state index is 12.1. The normalized spacial score (nSPS) is 10.2. The summed E-state index contributed by atoms with van der Waals surface area (Å²) in [5.41, 5.74) is 0.153. The van der Waals surface area contributed by atoms with Gasteiger partial charge in [0.2, 0.25) is 0 Å². The number of nitrogens with one attached hydrogen (secondary N) is 1. The molecule has 0 radical (unpaired) electrons. The number of H-pyrrole nitrogens is 1. The second kappa shape index (κ2) is 8.60. The van der Waals surface area contributed by atoms with E-state index in [-0.39, 0.29) is 17.9 Å². The van der Waals surface area contributed by atoms with Crippen LogP contribution in [0.15, 0.2) is 34.7 Å². The first kappa shape index (κ1) is 18.9. The van der Waals surface area contributed by atoms with Gasteiger partial charge in [0.25, 0.3) is 5.56 Å². The minimum Gasteiger partial charge on any atom is -0.490 e. The van der Waals surface area contributed by atoms with Crippen molar-refractivity contribution < 1.29 is 9.47 Å². The molecule has 0 spiro atoms. The van der Waals surface area contributed by atoms with Crippen LogP contribution in [-0.4, -0.2) is 29.4 Å². The summed E-state index contributed by atoms with van der Waals surface area (Å²) in [6.45, 7) is 6.09. The second-order valence-corrected chi connectivity index (χ2v) is 5.93. The fourth-order valence-electron chi connectivity index (χ4n) is 2.11. The minimum absolute atomic E-state index is 0.0870. The van der Waals surface area contributed by atoms with Crippen LogP contribution in [0.25, 0.3) is 11.3 Å². The average Bonchev–Trinajstić information content (AvgIpc) is 2.60. The lowest BCUT2D eigenvalue weighted by atomic mass is 10.1. The van der Waals surface area contributed by atoms with Crippen LogP contribution in [0.4, 0.5) is 0 Å². The zero-order valence-electron chi connectivity index (χ0n) is 13.8. The summed E-state index contributed by atoms with van der Waals surface area (Å²) >= 11 is 7.59. The third-order valence-electron chi connectivity index (χ3n) is 3.13. The zero-order valence-corrected chi connectivity index (χ0v) is 15.3. The van der Waals surface area contributed by atoms with E-state index >= 15 is 0 Å². The number of thioether (sulfide) groups is 1. The van der Waals surface area contributed by atoms with Crippen molar-refractivity contribution in [1.29, 1.82) is 5.26 Å². The molecule has 0 bridgehead atoms. The van der Waals surface area contributed by atoms with Crippen molar-refractivity contribution in [2.24, 2.45) is 0 Å². The lowest BCUT2D eigenvalue weighted by Gasteiger charge is -2.15. The molecule has 0 atom stereocenters. The minimum atomic E-state index is -0.502. The highest BCUT2D eigenvalue weighted by Crippen LogP contribution is 2.39. The van der Waals surface area contributed by atoms with Crippen LogP contribution in [0, 0.1) is 11.3 Å². The van der Waals surface area contributed by atoms with Crippen LogP contribution in [-0.2, 0) is 0 Å². The Labute approximate surface area is 154 Å². The fraction of sp³-hybridized carbons (Fsp3) is 0.235. The van der Waals surface area contributed by atoms with Gasteiger partial charge in [0.1, 0.15) is 18.2 Å². The number of rotatable bonds is 7. The number of nitrogens with zero attached hydrogens (tertiary/aromatic N) is 2. The van der Waals surface area contributed by atoms with Crippen molar-refractivity contribution in [3.63, 3.8) is 0 Å². The van der Waals surface area contributed by atoms with Gasteiger partial charge in [-0.3, -0.25) is 4.79 Å². The highest BCUT2D eigenvalue weighted by molar-refractivity contribution is 7.98. The van der Waals surface area contributed by atoms with Crippen LogP contribution in [0.5, 0.6) is 11.5 Å². The molecule has 2 rings (SSSR count). The SMILES string of the molecule is C=CCOc1c(Cl)cc(-c2nc(SC)[nH]c(=O)c2C#N)cc1OCC. The van der Waals surface area contributed by atoms with Gasteiger partial charge in [-0.05, 0) is 25.3 Å². The van der Waals surface area contributed by atoms with Crippen molar-refractivity contribution in [1.82, 2.24) is 9.97 Å². The van der Waals surface area contributed by atoms with Gasteiger partial charge in [-0.1, -0.05) is 36.0 Å². The van der Waals surface area contributed by atoms with E-state index in [0.717, 1.165) is 0 Å². The van der Waals surface area contributed by atoms with Crippen molar-refractivity contribution in [3.05, 3.63) is 45.7 Å². The van der Waals surface area contributed by atoms with Gasteiger partial charge in [-0.25, -0.2) is 4.98 Å². The largest absolute Gasteiger partial charge is 0.490 e. The molecule has 0 saturated heterocycles. The van der Waals surface area contributed by atoms with E-state index < -0.39 is 5.56 Å². The molecule has 8 heteroatoms. The quantitative estimate of drug-likeness (QED) is 0.450. The summed E-state index contributed by atoms with van der Waals surface area (Å²) in [6, 6.07) is 5.14. The van der Waals surface area contributed by atoms with Crippen LogP contribution in [0.2, 0.25) is 5.02 Å². The standard InChI is InChI=1S/C17H16ClN3O3S/c1-4-6-24-15-12(18)7-10(8-13(15)23-5-2)14-11(9-19)16(22)21-17(20-14)25-3/h4,7-8H,1,5-6H2,2-3H3,(H,20,21,22). The Bertz CT molecular complexity index is 890. The zero-order chi connectivity index (χ0) is 18.4. The van der Waals surface area contributed by atoms with Crippen LogP contribution in [0.3, 0.4) is 0 Å². The van der Waals surface area contributed by atoms with Crippen LogP contribution >= 0.6 is 23.4 Å². The van der Waals surface area contributed by atoms with E-state index in [1.807, 2.05) is 13.0 Å². The van der Waals surface area contributed by atoms with Crippen molar-refractivity contribution >= 4 is 23.4 Å². The van der Waals surface area contributed by atoms with E-state index in [0.29, 0.717) is 33.8 Å². The van der Waals surface area contributed by atoms with E-state index in [4.69, 9.17) is 21.1 Å². The number of nitriles is 1. The molecule has 0 aliphatic carbocycles. The molecule has 0 amide bonds. The van der Waals surface area contributed by atoms with Gasteiger partial charge in [-0.2, -0.15) is 5.26 Å². The third-order valence-corrected chi connectivity index (χ3v) is 3.99. The number of benzene rings is 1. The molecule has 1 N–H and O–H groups in total. The number of halogens is 1. The number of hydrogen-bond donors (Lipinski definition) is 1. The monoisotopic (exact) mass is 377 g/mol. The summed E-state index contributed by atoms with van der Waals surface area (Å²) in [5, 5.41) is 10.0. The summed E-state index contributed by atoms with van der Waals surface area (Å²) < 4.78 is 11.1. The Morgan fingerprint density at radius 1 is 1.48 bits per heavy atom. The molecule has 1 aromatic carbocycles. The van der Waals surface area contributed by atoms with E-state index in [9.17, 15) is 10.1 Å². The molecule has 130 valence electrons. The van der Waals surface area contributed by atoms with Gasteiger partial charge < -0.3 is 14.5 Å². The summed E-state index contributed by atoms with van der Waals surface area (Å²) in [5.74, 6) is 0.782. The van der Waals surface area contributed by atoms with Crippen LogP contribution in [0.1, 0.15) is 12.5 Å². The lowest BCUT2D eigenvalue weighted by molar-refractivity contribution is 0.297. The maximum atomic E-state index is 12.1. The first-order chi connectivity index (χ1) is 12.0. The highest BCUT2D eigenvalue weighted by atomic mass is 35.5. The topological polar surface area (TPSA) is 88.0 Å². The lowest BCUT2D eigenvalue weighted by Crippen LogP contribution is -2.14. The van der Waals surface area contributed by atoms with Gasteiger partial charge in [0.15, 0.2) is 16.7 Å². The molecule has 0 aliphatic rings. The molecular weight excluding hydrogens is 362 g/mol. The number of hydrogen-bond acceptors (Lipinski definition) is 6. The molecule has 25 heavy (non-hydrogen) atoms. The molecule has 0 saturated carbocycles. The van der Waals surface area contributed by atoms with Gasteiger partial charge in [0, 0.05) is 5.56 Å². The summed E-state index contributed by atoms with van der Waals surface area (Å²) in [4.78, 5) is 19.0. The van der Waals surface area contributed by atoms with Gasteiger partial charge in [-0.15, -0.1) is 0 Å². The third kappa shape index (κ3) is 4.16. The van der Waals surface area contributed by atoms with Crippen LogP contribution < -0.4 is 15.0 Å². The highest BCUT2D eigenvalue weighted by Gasteiger charge is 2.18. The molecular formula is C17H16ClN3O3S. The Balaban J connectivity index is 2.68.